The number of carbonyl (C=O) groups excluding carboxylic acids is 1. The average molecular weight is 340 g/mol. The molecule has 0 spiro atoms. The molecule has 2 rings (SSSR count). The van der Waals surface area contributed by atoms with Gasteiger partial charge in [0.25, 0.3) is 5.91 Å². The van der Waals surface area contributed by atoms with Crippen LogP contribution in [-0.2, 0) is 14.8 Å². The Morgan fingerprint density at radius 2 is 2.13 bits per heavy atom. The molecular weight excluding hydrogens is 320 g/mol. The van der Waals surface area contributed by atoms with Gasteiger partial charge in [-0.1, -0.05) is 6.08 Å². The number of ether oxygens (including phenoxy) is 2. The van der Waals surface area contributed by atoms with Crippen LogP contribution in [0.15, 0.2) is 35.7 Å². The molecule has 0 aromatic heterocycles. The highest BCUT2D eigenvalue weighted by molar-refractivity contribution is 7.89. The molecule has 1 aliphatic heterocycles. The smallest absolute Gasteiger partial charge is 0.251 e. The Bertz CT molecular complexity index is 681. The Kier molecular flexibility index (Phi) is 5.75. The number of morpholine rings is 1. The van der Waals surface area contributed by atoms with Gasteiger partial charge in [0.1, 0.15) is 10.6 Å². The van der Waals surface area contributed by atoms with E-state index >= 15 is 0 Å². The second-order valence-electron chi connectivity index (χ2n) is 4.88. The summed E-state index contributed by atoms with van der Waals surface area (Å²) in [5.74, 6) is -0.164. The van der Waals surface area contributed by atoms with Crippen LogP contribution in [0.2, 0.25) is 0 Å². The Hall–Kier alpha value is -1.90. The molecule has 1 fully saturated rings. The molecule has 0 unspecified atom stereocenters. The van der Waals surface area contributed by atoms with Crippen molar-refractivity contribution < 1.29 is 22.7 Å². The van der Waals surface area contributed by atoms with Crippen LogP contribution in [0.3, 0.4) is 0 Å². The maximum atomic E-state index is 12.8. The summed E-state index contributed by atoms with van der Waals surface area (Å²) in [6.07, 6.45) is 1.55. The first-order chi connectivity index (χ1) is 11.0. The highest BCUT2D eigenvalue weighted by Gasteiger charge is 2.30. The Balaban J connectivity index is 2.38. The van der Waals surface area contributed by atoms with E-state index in [0.717, 1.165) is 0 Å². The number of methoxy groups -OCH3 is 1. The van der Waals surface area contributed by atoms with Crippen LogP contribution in [0.25, 0.3) is 0 Å². The van der Waals surface area contributed by atoms with E-state index in [4.69, 9.17) is 9.47 Å². The summed E-state index contributed by atoms with van der Waals surface area (Å²) in [7, 11) is -2.36. The highest BCUT2D eigenvalue weighted by atomic mass is 32.2. The van der Waals surface area contributed by atoms with E-state index in [0.29, 0.717) is 19.8 Å². The predicted molar refractivity (Wildman–Crippen MR) is 85.1 cm³/mol. The van der Waals surface area contributed by atoms with Gasteiger partial charge in [0.05, 0.1) is 20.3 Å². The van der Waals surface area contributed by atoms with Crippen molar-refractivity contribution in [2.45, 2.75) is 4.90 Å². The third kappa shape index (κ3) is 3.90. The summed E-state index contributed by atoms with van der Waals surface area (Å²) in [6, 6.07) is 4.34. The lowest BCUT2D eigenvalue weighted by Gasteiger charge is -2.26. The minimum absolute atomic E-state index is 0.0202. The summed E-state index contributed by atoms with van der Waals surface area (Å²) >= 11 is 0. The lowest BCUT2D eigenvalue weighted by Crippen LogP contribution is -2.40. The standard InChI is InChI=1S/C15H20N2O5S/c1-3-6-16-15(18)12-4-5-13(21-2)14(11-12)23(19,20)17-7-9-22-10-8-17/h3-5,11H,1,6-10H2,2H3,(H,16,18). The summed E-state index contributed by atoms with van der Waals surface area (Å²) in [5.41, 5.74) is 0.250. The molecule has 126 valence electrons. The van der Waals surface area contributed by atoms with Crippen LogP contribution >= 0.6 is 0 Å². The molecule has 7 nitrogen and oxygen atoms in total. The Labute approximate surface area is 135 Å². The fraction of sp³-hybridized carbons (Fsp3) is 0.400. The minimum Gasteiger partial charge on any atom is -0.495 e. The molecule has 1 amide bonds. The van der Waals surface area contributed by atoms with Crippen LogP contribution in [0, 0.1) is 0 Å². The van der Waals surface area contributed by atoms with Crippen molar-refractivity contribution in [2.75, 3.05) is 40.0 Å². The summed E-state index contributed by atoms with van der Waals surface area (Å²) in [6.45, 7) is 5.07. The number of nitrogens with zero attached hydrogens (tertiary/aromatic N) is 1. The second-order valence-corrected chi connectivity index (χ2v) is 6.79. The third-order valence-corrected chi connectivity index (χ3v) is 5.34. The van der Waals surface area contributed by atoms with Gasteiger partial charge in [0, 0.05) is 25.2 Å². The maximum absolute atomic E-state index is 12.8. The van der Waals surface area contributed by atoms with Crippen molar-refractivity contribution in [3.05, 3.63) is 36.4 Å². The number of amides is 1. The van der Waals surface area contributed by atoms with Crippen LogP contribution in [-0.4, -0.2) is 58.6 Å². The van der Waals surface area contributed by atoms with Gasteiger partial charge in [-0.25, -0.2) is 8.42 Å². The van der Waals surface area contributed by atoms with Gasteiger partial charge in [-0.15, -0.1) is 6.58 Å². The molecule has 1 aromatic carbocycles. The molecule has 1 saturated heterocycles. The van der Waals surface area contributed by atoms with Crippen LogP contribution in [0.1, 0.15) is 10.4 Å². The normalized spacial score (nSPS) is 15.9. The summed E-state index contributed by atoms with van der Waals surface area (Å²) in [5, 5.41) is 2.62. The number of hydrogen-bond donors (Lipinski definition) is 1. The number of hydrogen-bond acceptors (Lipinski definition) is 5. The van der Waals surface area contributed by atoms with E-state index in [2.05, 4.69) is 11.9 Å². The Morgan fingerprint density at radius 1 is 1.43 bits per heavy atom. The zero-order valence-corrected chi connectivity index (χ0v) is 13.8. The molecule has 1 aliphatic rings. The number of carbonyl (C=O) groups is 1. The quantitative estimate of drug-likeness (QED) is 0.768. The summed E-state index contributed by atoms with van der Waals surface area (Å²) < 4.78 is 37.3. The molecule has 0 radical (unpaired) electrons. The van der Waals surface area contributed by atoms with Gasteiger partial charge in [0.15, 0.2) is 0 Å². The topological polar surface area (TPSA) is 84.9 Å². The van der Waals surface area contributed by atoms with Crippen molar-refractivity contribution in [2.24, 2.45) is 0 Å². The first kappa shape index (κ1) is 17.5. The number of benzene rings is 1. The van der Waals surface area contributed by atoms with Gasteiger partial charge in [0.2, 0.25) is 10.0 Å². The van der Waals surface area contributed by atoms with Gasteiger partial charge < -0.3 is 14.8 Å². The molecule has 0 saturated carbocycles. The number of sulfonamides is 1. The fourth-order valence-corrected chi connectivity index (χ4v) is 3.80. The number of nitrogens with one attached hydrogen (secondary N) is 1. The van der Waals surface area contributed by atoms with E-state index in [9.17, 15) is 13.2 Å². The largest absolute Gasteiger partial charge is 0.495 e. The SMILES string of the molecule is C=CCNC(=O)c1ccc(OC)c(S(=O)(=O)N2CCOCC2)c1. The summed E-state index contributed by atoms with van der Waals surface area (Å²) in [4.78, 5) is 12.0. The average Bonchev–Trinajstić information content (AvgIpc) is 2.59. The van der Waals surface area contributed by atoms with Crippen molar-refractivity contribution >= 4 is 15.9 Å². The monoisotopic (exact) mass is 340 g/mol. The van der Waals surface area contributed by atoms with Crippen LogP contribution in [0.4, 0.5) is 0 Å². The fourth-order valence-electron chi connectivity index (χ4n) is 2.21. The highest BCUT2D eigenvalue weighted by Crippen LogP contribution is 2.28. The van der Waals surface area contributed by atoms with Crippen LogP contribution in [0.5, 0.6) is 5.75 Å². The maximum Gasteiger partial charge on any atom is 0.251 e. The predicted octanol–water partition coefficient (Wildman–Crippen LogP) is 0.632. The van der Waals surface area contributed by atoms with Gasteiger partial charge >= 0.3 is 0 Å². The molecule has 1 heterocycles. The Morgan fingerprint density at radius 3 is 2.74 bits per heavy atom. The molecule has 0 aliphatic carbocycles. The van der Waals surface area contributed by atoms with Crippen molar-refractivity contribution in [1.82, 2.24) is 9.62 Å². The first-order valence-corrected chi connectivity index (χ1v) is 8.59. The van der Waals surface area contributed by atoms with Crippen LogP contribution < -0.4 is 10.1 Å². The van der Waals surface area contributed by atoms with Crippen molar-refractivity contribution in [3.8, 4) is 5.75 Å². The van der Waals surface area contributed by atoms with E-state index in [1.54, 1.807) is 6.08 Å². The molecule has 0 bridgehead atoms. The van der Waals surface area contributed by atoms with E-state index < -0.39 is 10.0 Å². The van der Waals surface area contributed by atoms with E-state index in [1.807, 2.05) is 0 Å². The van der Waals surface area contributed by atoms with Crippen molar-refractivity contribution in [3.63, 3.8) is 0 Å². The second kappa shape index (κ2) is 7.58. The van der Waals surface area contributed by atoms with Gasteiger partial charge in [-0.2, -0.15) is 4.31 Å². The minimum atomic E-state index is -3.75. The van der Waals surface area contributed by atoms with E-state index in [1.165, 1.54) is 29.6 Å². The zero-order chi connectivity index (χ0) is 16.9. The molecule has 23 heavy (non-hydrogen) atoms. The molecule has 8 heteroatoms. The van der Waals surface area contributed by atoms with Gasteiger partial charge in [-0.3, -0.25) is 4.79 Å². The molecule has 1 N–H and O–H groups in total. The molecule has 1 aromatic rings. The third-order valence-electron chi connectivity index (χ3n) is 3.42. The molecular formula is C15H20N2O5S. The first-order valence-electron chi connectivity index (χ1n) is 7.15. The molecule has 0 atom stereocenters. The van der Waals surface area contributed by atoms with Gasteiger partial charge in [-0.05, 0) is 18.2 Å². The number of rotatable bonds is 6. The lowest BCUT2D eigenvalue weighted by molar-refractivity contribution is 0.0729. The van der Waals surface area contributed by atoms with Crippen molar-refractivity contribution in [1.29, 1.82) is 0 Å². The lowest BCUT2D eigenvalue weighted by atomic mass is 10.2. The van der Waals surface area contributed by atoms with E-state index in [-0.39, 0.29) is 35.2 Å². The zero-order valence-electron chi connectivity index (χ0n) is 12.9.